The van der Waals surface area contributed by atoms with Crippen molar-refractivity contribution in [2.75, 3.05) is 12.4 Å². The summed E-state index contributed by atoms with van der Waals surface area (Å²) < 4.78 is 17.3. The van der Waals surface area contributed by atoms with Gasteiger partial charge in [-0.05, 0) is 42.0 Å². The SMILES string of the molecule is COC(=O)c1ccc(NC(=O)C(=O)N/N=C/c2ccc(F)cc2)cc1. The highest BCUT2D eigenvalue weighted by molar-refractivity contribution is 6.39. The number of hydrogen-bond acceptors (Lipinski definition) is 5. The molecule has 0 radical (unpaired) electrons. The van der Waals surface area contributed by atoms with Crippen molar-refractivity contribution in [3.8, 4) is 0 Å². The van der Waals surface area contributed by atoms with Crippen LogP contribution in [0.25, 0.3) is 0 Å². The molecule has 0 aliphatic heterocycles. The fourth-order valence-corrected chi connectivity index (χ4v) is 1.76. The minimum Gasteiger partial charge on any atom is -0.465 e. The molecule has 0 heterocycles. The fourth-order valence-electron chi connectivity index (χ4n) is 1.76. The lowest BCUT2D eigenvalue weighted by molar-refractivity contribution is -0.136. The number of nitrogens with zero attached hydrogens (tertiary/aromatic N) is 1. The van der Waals surface area contributed by atoms with Gasteiger partial charge in [-0.1, -0.05) is 12.1 Å². The molecule has 2 amide bonds. The molecule has 0 aliphatic rings. The van der Waals surface area contributed by atoms with Crippen LogP contribution in [0, 0.1) is 5.82 Å². The Morgan fingerprint density at radius 2 is 1.64 bits per heavy atom. The third kappa shape index (κ3) is 5.24. The van der Waals surface area contributed by atoms with Gasteiger partial charge in [0.1, 0.15) is 5.82 Å². The lowest BCUT2D eigenvalue weighted by Crippen LogP contribution is -2.32. The number of carbonyl (C=O) groups excluding carboxylic acids is 3. The van der Waals surface area contributed by atoms with Crippen LogP contribution in [-0.2, 0) is 14.3 Å². The summed E-state index contributed by atoms with van der Waals surface area (Å²) in [6.45, 7) is 0. The van der Waals surface area contributed by atoms with E-state index in [0.717, 1.165) is 0 Å². The Morgan fingerprint density at radius 1 is 1.00 bits per heavy atom. The second-order valence-corrected chi connectivity index (χ2v) is 4.77. The molecule has 0 fully saturated rings. The van der Waals surface area contributed by atoms with Gasteiger partial charge in [-0.3, -0.25) is 9.59 Å². The van der Waals surface area contributed by atoms with Crippen LogP contribution in [-0.4, -0.2) is 31.1 Å². The van der Waals surface area contributed by atoms with Gasteiger partial charge in [0.15, 0.2) is 0 Å². The minimum atomic E-state index is -0.976. The predicted octanol–water partition coefficient (Wildman–Crippen LogP) is 1.70. The van der Waals surface area contributed by atoms with Gasteiger partial charge < -0.3 is 10.1 Å². The molecular weight excluding hydrogens is 329 g/mol. The second kappa shape index (κ2) is 8.34. The van der Waals surface area contributed by atoms with E-state index in [1.165, 1.54) is 61.9 Å². The maximum absolute atomic E-state index is 12.7. The molecule has 2 rings (SSSR count). The fraction of sp³-hybridized carbons (Fsp3) is 0.0588. The zero-order valence-corrected chi connectivity index (χ0v) is 13.2. The van der Waals surface area contributed by atoms with Crippen LogP contribution in [0.3, 0.4) is 0 Å². The molecule has 0 bridgehead atoms. The molecule has 0 aromatic heterocycles. The van der Waals surface area contributed by atoms with Crippen LogP contribution >= 0.6 is 0 Å². The monoisotopic (exact) mass is 343 g/mol. The predicted molar refractivity (Wildman–Crippen MR) is 88.5 cm³/mol. The first-order valence-corrected chi connectivity index (χ1v) is 7.08. The van der Waals surface area contributed by atoms with E-state index in [1.807, 2.05) is 0 Å². The minimum absolute atomic E-state index is 0.314. The van der Waals surface area contributed by atoms with Gasteiger partial charge in [-0.15, -0.1) is 0 Å². The topological polar surface area (TPSA) is 96.9 Å². The molecule has 0 unspecified atom stereocenters. The van der Waals surface area contributed by atoms with Gasteiger partial charge in [0.25, 0.3) is 0 Å². The number of carbonyl (C=O) groups is 3. The van der Waals surface area contributed by atoms with Crippen molar-refractivity contribution in [2.45, 2.75) is 0 Å². The Morgan fingerprint density at radius 3 is 2.24 bits per heavy atom. The van der Waals surface area contributed by atoms with E-state index in [-0.39, 0.29) is 0 Å². The van der Waals surface area contributed by atoms with E-state index in [1.54, 1.807) is 0 Å². The first kappa shape index (κ1) is 17.8. The van der Waals surface area contributed by atoms with E-state index >= 15 is 0 Å². The molecular formula is C17H14FN3O4. The summed E-state index contributed by atoms with van der Waals surface area (Å²) in [6.07, 6.45) is 1.27. The highest BCUT2D eigenvalue weighted by Gasteiger charge is 2.13. The van der Waals surface area contributed by atoms with Crippen molar-refractivity contribution in [1.29, 1.82) is 0 Å². The molecule has 0 saturated carbocycles. The average molecular weight is 343 g/mol. The van der Waals surface area contributed by atoms with Crippen LogP contribution in [0.15, 0.2) is 53.6 Å². The van der Waals surface area contributed by atoms with Crippen LogP contribution < -0.4 is 10.7 Å². The summed E-state index contributed by atoms with van der Waals surface area (Å²) in [6, 6.07) is 11.2. The van der Waals surface area contributed by atoms with E-state index in [0.29, 0.717) is 16.8 Å². The first-order chi connectivity index (χ1) is 12.0. The molecule has 0 atom stereocenters. The zero-order valence-electron chi connectivity index (χ0n) is 13.2. The Bertz CT molecular complexity index is 802. The van der Waals surface area contributed by atoms with E-state index in [2.05, 4.69) is 20.6 Å². The first-order valence-electron chi connectivity index (χ1n) is 7.08. The summed E-state index contributed by atoms with van der Waals surface area (Å²) in [5.41, 5.74) is 3.25. The molecule has 25 heavy (non-hydrogen) atoms. The van der Waals surface area contributed by atoms with Crippen LogP contribution in [0.5, 0.6) is 0 Å². The molecule has 8 heteroatoms. The van der Waals surface area contributed by atoms with Crippen LogP contribution in [0.4, 0.5) is 10.1 Å². The Labute approximate surface area is 142 Å². The molecule has 2 aromatic carbocycles. The number of benzene rings is 2. The smallest absolute Gasteiger partial charge is 0.337 e. The standard InChI is InChI=1S/C17H14FN3O4/c1-25-17(24)12-4-8-14(9-5-12)20-15(22)16(23)21-19-10-11-2-6-13(18)7-3-11/h2-10H,1H3,(H,20,22)(H,21,23)/b19-10+. The lowest BCUT2D eigenvalue weighted by atomic mass is 10.2. The second-order valence-electron chi connectivity index (χ2n) is 4.77. The number of methoxy groups -OCH3 is 1. The Hall–Kier alpha value is -3.55. The third-order valence-corrected chi connectivity index (χ3v) is 3.02. The largest absolute Gasteiger partial charge is 0.465 e. The van der Waals surface area contributed by atoms with E-state index in [9.17, 15) is 18.8 Å². The molecule has 2 aromatic rings. The molecule has 7 nitrogen and oxygen atoms in total. The summed E-state index contributed by atoms with van der Waals surface area (Å²) in [5.74, 6) is -2.80. The number of esters is 1. The quantitative estimate of drug-likeness (QED) is 0.382. The summed E-state index contributed by atoms with van der Waals surface area (Å²) in [5, 5.41) is 5.97. The summed E-state index contributed by atoms with van der Waals surface area (Å²) in [4.78, 5) is 34.7. The number of hydrogen-bond donors (Lipinski definition) is 2. The van der Waals surface area contributed by atoms with Crippen molar-refractivity contribution in [2.24, 2.45) is 5.10 Å². The van der Waals surface area contributed by atoms with Gasteiger partial charge in [0.2, 0.25) is 0 Å². The number of amides is 2. The number of rotatable bonds is 4. The summed E-state index contributed by atoms with van der Waals surface area (Å²) >= 11 is 0. The molecule has 0 aliphatic carbocycles. The van der Waals surface area contributed by atoms with Crippen molar-refractivity contribution in [3.05, 3.63) is 65.5 Å². The number of anilines is 1. The van der Waals surface area contributed by atoms with Gasteiger partial charge in [0, 0.05) is 5.69 Å². The Kier molecular flexibility index (Phi) is 5.94. The molecule has 0 spiro atoms. The molecule has 128 valence electrons. The van der Waals surface area contributed by atoms with E-state index in [4.69, 9.17) is 0 Å². The normalized spacial score (nSPS) is 10.3. The van der Waals surface area contributed by atoms with Crippen molar-refractivity contribution < 1.29 is 23.5 Å². The third-order valence-electron chi connectivity index (χ3n) is 3.02. The van der Waals surface area contributed by atoms with Crippen LogP contribution in [0.1, 0.15) is 15.9 Å². The highest BCUT2D eigenvalue weighted by Crippen LogP contribution is 2.10. The number of nitrogens with one attached hydrogen (secondary N) is 2. The Balaban J connectivity index is 1.88. The zero-order chi connectivity index (χ0) is 18.2. The van der Waals surface area contributed by atoms with Gasteiger partial charge in [-0.25, -0.2) is 14.6 Å². The summed E-state index contributed by atoms with van der Waals surface area (Å²) in [7, 11) is 1.26. The van der Waals surface area contributed by atoms with Crippen LogP contribution in [0.2, 0.25) is 0 Å². The van der Waals surface area contributed by atoms with Crippen molar-refractivity contribution >= 4 is 29.7 Å². The van der Waals surface area contributed by atoms with Gasteiger partial charge in [0.05, 0.1) is 18.9 Å². The highest BCUT2D eigenvalue weighted by atomic mass is 19.1. The maximum atomic E-state index is 12.7. The molecule has 2 N–H and O–H groups in total. The molecule has 0 saturated heterocycles. The average Bonchev–Trinajstić information content (AvgIpc) is 2.63. The lowest BCUT2D eigenvalue weighted by Gasteiger charge is -2.05. The maximum Gasteiger partial charge on any atom is 0.337 e. The van der Waals surface area contributed by atoms with Gasteiger partial charge in [-0.2, -0.15) is 5.10 Å². The number of hydrazone groups is 1. The van der Waals surface area contributed by atoms with E-state index < -0.39 is 23.6 Å². The van der Waals surface area contributed by atoms with Gasteiger partial charge >= 0.3 is 17.8 Å². The number of ether oxygens (including phenoxy) is 1. The van der Waals surface area contributed by atoms with Crippen molar-refractivity contribution in [3.63, 3.8) is 0 Å². The van der Waals surface area contributed by atoms with Crippen molar-refractivity contribution in [1.82, 2.24) is 5.43 Å². The number of halogens is 1.